The van der Waals surface area contributed by atoms with E-state index in [2.05, 4.69) is 10.3 Å². The summed E-state index contributed by atoms with van der Waals surface area (Å²) in [5.41, 5.74) is 6.53. The Morgan fingerprint density at radius 2 is 2.00 bits per heavy atom. The molecule has 2 heterocycles. The summed E-state index contributed by atoms with van der Waals surface area (Å²) in [6, 6.07) is 13.6. The number of aliphatic imine (C=N–C) groups is 1. The lowest BCUT2D eigenvalue weighted by molar-refractivity contribution is -0.131. The van der Waals surface area contributed by atoms with E-state index in [4.69, 9.17) is 10.5 Å². The number of nitrogens with two attached hydrogens (primary N) is 1. The van der Waals surface area contributed by atoms with Crippen LogP contribution in [0.25, 0.3) is 0 Å². The van der Waals surface area contributed by atoms with Gasteiger partial charge in [-0.3, -0.25) is 14.5 Å². The van der Waals surface area contributed by atoms with Gasteiger partial charge in [-0.05, 0) is 50.5 Å². The monoisotopic (exact) mass is 492 g/mol. The average Bonchev–Trinajstić information content (AvgIpc) is 2.85. The van der Waals surface area contributed by atoms with Crippen LogP contribution in [0.15, 0.2) is 53.5 Å². The molecule has 2 aromatic rings. The molecule has 0 fully saturated rings. The number of carbonyl (C=O) groups is 2. The number of para-hydroxylation sites is 1. The van der Waals surface area contributed by atoms with Crippen LogP contribution in [0.3, 0.4) is 0 Å². The van der Waals surface area contributed by atoms with Gasteiger partial charge in [-0.2, -0.15) is 0 Å². The number of hydrogen-bond acceptors (Lipinski definition) is 6. The van der Waals surface area contributed by atoms with Crippen LogP contribution in [-0.4, -0.2) is 45.5 Å². The minimum atomic E-state index is -1.27. The molecular formula is C28H36N4O4. The van der Waals surface area contributed by atoms with Gasteiger partial charge in [0.2, 0.25) is 5.91 Å². The molecule has 4 N–H and O–H groups in total. The molecule has 0 aromatic heterocycles. The third kappa shape index (κ3) is 4.95. The van der Waals surface area contributed by atoms with Gasteiger partial charge in [0.1, 0.15) is 18.0 Å². The number of rotatable bonds is 7. The fraction of sp³-hybridized carbons (Fsp3) is 0.464. The first-order valence-electron chi connectivity index (χ1n) is 12.6. The lowest BCUT2D eigenvalue weighted by atomic mass is 9.87. The number of hydrogen-bond donors (Lipinski definition) is 3. The molecular weight excluding hydrogens is 456 g/mol. The summed E-state index contributed by atoms with van der Waals surface area (Å²) in [5, 5.41) is 14.0. The van der Waals surface area contributed by atoms with Crippen molar-refractivity contribution in [3.63, 3.8) is 0 Å². The van der Waals surface area contributed by atoms with Crippen molar-refractivity contribution in [3.8, 4) is 5.75 Å². The van der Waals surface area contributed by atoms with Gasteiger partial charge in [-0.1, -0.05) is 50.6 Å². The molecule has 2 aromatic carbocycles. The van der Waals surface area contributed by atoms with Crippen LogP contribution in [0, 0.1) is 0 Å². The van der Waals surface area contributed by atoms with Gasteiger partial charge in [0.15, 0.2) is 5.96 Å². The summed E-state index contributed by atoms with van der Waals surface area (Å²) >= 11 is 0. The van der Waals surface area contributed by atoms with Crippen LogP contribution in [-0.2, 0) is 4.79 Å². The van der Waals surface area contributed by atoms with Crippen molar-refractivity contribution >= 4 is 17.8 Å². The largest absolute Gasteiger partial charge is 0.490 e. The Balaban J connectivity index is 1.63. The molecule has 1 unspecified atom stereocenters. The quantitative estimate of drug-likeness (QED) is 0.543. The van der Waals surface area contributed by atoms with Crippen molar-refractivity contribution in [1.29, 1.82) is 0 Å². The first kappa shape index (κ1) is 25.7. The third-order valence-electron chi connectivity index (χ3n) is 7.25. The van der Waals surface area contributed by atoms with E-state index in [1.54, 1.807) is 30.0 Å². The first-order valence-corrected chi connectivity index (χ1v) is 12.6. The van der Waals surface area contributed by atoms with Crippen molar-refractivity contribution in [1.82, 2.24) is 10.2 Å². The van der Waals surface area contributed by atoms with Crippen molar-refractivity contribution < 1.29 is 19.4 Å². The Labute approximate surface area is 212 Å². The van der Waals surface area contributed by atoms with Crippen LogP contribution in [0.4, 0.5) is 0 Å². The number of fused-ring (bicyclic) bond motifs is 1. The minimum Gasteiger partial charge on any atom is -0.490 e. The molecule has 192 valence electrons. The van der Waals surface area contributed by atoms with Gasteiger partial charge in [0.05, 0.1) is 24.0 Å². The van der Waals surface area contributed by atoms with Crippen molar-refractivity contribution in [2.24, 2.45) is 10.7 Å². The Hall–Kier alpha value is -3.39. The number of nitrogens with zero attached hydrogens (tertiary/aromatic N) is 2. The van der Waals surface area contributed by atoms with Gasteiger partial charge in [0, 0.05) is 11.1 Å². The summed E-state index contributed by atoms with van der Waals surface area (Å²) in [4.78, 5) is 32.8. The first-order chi connectivity index (χ1) is 17.1. The van der Waals surface area contributed by atoms with Crippen LogP contribution < -0.4 is 15.8 Å². The predicted molar refractivity (Wildman–Crippen MR) is 139 cm³/mol. The summed E-state index contributed by atoms with van der Waals surface area (Å²) in [5.74, 6) is 0.483. The number of aliphatic hydroxyl groups is 1. The SMILES string of the molecule is CCC[C@H](c1cccc(C(=O)N[C@@H]2c3ccccc3OC[C@@]2(C)O)c1)N1C(=O)CC(C)(CC)N=C1N. The van der Waals surface area contributed by atoms with Gasteiger partial charge in [-0.25, -0.2) is 4.99 Å². The fourth-order valence-corrected chi connectivity index (χ4v) is 4.99. The number of amides is 2. The maximum atomic E-state index is 13.4. The van der Waals surface area contributed by atoms with E-state index < -0.39 is 17.2 Å². The van der Waals surface area contributed by atoms with Crippen LogP contribution in [0.1, 0.15) is 86.9 Å². The highest BCUT2D eigenvalue weighted by atomic mass is 16.5. The van der Waals surface area contributed by atoms with Gasteiger partial charge >= 0.3 is 0 Å². The molecule has 0 spiro atoms. The average molecular weight is 493 g/mol. The molecule has 4 rings (SSSR count). The molecule has 2 aliphatic rings. The molecule has 8 heteroatoms. The summed E-state index contributed by atoms with van der Waals surface area (Å²) in [6.45, 7) is 7.71. The maximum Gasteiger partial charge on any atom is 0.251 e. The maximum absolute atomic E-state index is 13.4. The molecule has 4 atom stereocenters. The van der Waals surface area contributed by atoms with E-state index in [0.717, 1.165) is 24.0 Å². The fourth-order valence-electron chi connectivity index (χ4n) is 4.99. The van der Waals surface area contributed by atoms with Crippen molar-refractivity contribution in [2.45, 2.75) is 76.6 Å². The van der Waals surface area contributed by atoms with Gasteiger partial charge in [0.25, 0.3) is 5.91 Å². The molecule has 0 aliphatic carbocycles. The summed E-state index contributed by atoms with van der Waals surface area (Å²) < 4.78 is 5.68. The van der Waals surface area contributed by atoms with Gasteiger partial charge in [-0.15, -0.1) is 0 Å². The standard InChI is InChI=1S/C28H36N4O4/c1-5-10-21(32-23(33)16-27(3,6-2)31-26(32)29)18-11-9-12-19(15-18)25(34)30-24-20-13-7-8-14-22(20)36-17-28(24,4)35/h7-9,11-15,21,24,35H,5-6,10,16-17H2,1-4H3,(H2,29,31)(H,30,34)/t21-,24-,27?,28-/m1/s1. The minimum absolute atomic E-state index is 0.0602. The van der Waals surface area contributed by atoms with E-state index in [9.17, 15) is 14.7 Å². The lowest BCUT2D eigenvalue weighted by Gasteiger charge is -2.39. The Morgan fingerprint density at radius 3 is 2.69 bits per heavy atom. The predicted octanol–water partition coefficient (Wildman–Crippen LogP) is 3.86. The highest BCUT2D eigenvalue weighted by Crippen LogP contribution is 2.38. The molecule has 0 saturated carbocycles. The van der Waals surface area contributed by atoms with Crippen molar-refractivity contribution in [3.05, 3.63) is 65.2 Å². The molecule has 0 saturated heterocycles. The molecule has 2 amide bonds. The van der Waals surface area contributed by atoms with E-state index in [0.29, 0.717) is 24.2 Å². The molecule has 2 aliphatic heterocycles. The lowest BCUT2D eigenvalue weighted by Crippen LogP contribution is -2.52. The highest BCUT2D eigenvalue weighted by Gasteiger charge is 2.41. The smallest absolute Gasteiger partial charge is 0.251 e. The van der Waals surface area contributed by atoms with Crippen molar-refractivity contribution in [2.75, 3.05) is 6.61 Å². The summed E-state index contributed by atoms with van der Waals surface area (Å²) in [6.07, 6.45) is 2.52. The summed E-state index contributed by atoms with van der Waals surface area (Å²) in [7, 11) is 0. The third-order valence-corrected chi connectivity index (χ3v) is 7.25. The van der Waals surface area contributed by atoms with Crippen LogP contribution in [0.5, 0.6) is 5.75 Å². The second-order valence-corrected chi connectivity index (χ2v) is 10.3. The van der Waals surface area contributed by atoms with Crippen LogP contribution in [0.2, 0.25) is 0 Å². The molecule has 0 bridgehead atoms. The van der Waals surface area contributed by atoms with E-state index >= 15 is 0 Å². The Morgan fingerprint density at radius 1 is 1.25 bits per heavy atom. The number of carbonyl (C=O) groups excluding carboxylic acids is 2. The molecule has 36 heavy (non-hydrogen) atoms. The number of nitrogens with one attached hydrogen (secondary N) is 1. The molecule has 0 radical (unpaired) electrons. The second kappa shape index (κ2) is 9.93. The normalized spacial score (nSPS) is 26.5. The number of guanidine groups is 1. The zero-order valence-corrected chi connectivity index (χ0v) is 21.5. The van der Waals surface area contributed by atoms with Crippen LogP contribution >= 0.6 is 0 Å². The number of benzene rings is 2. The Bertz CT molecular complexity index is 1180. The van der Waals surface area contributed by atoms with E-state index in [1.807, 2.05) is 51.1 Å². The Kier molecular flexibility index (Phi) is 7.09. The topological polar surface area (TPSA) is 117 Å². The van der Waals surface area contributed by atoms with E-state index in [1.165, 1.54) is 0 Å². The molecule has 8 nitrogen and oxygen atoms in total. The zero-order valence-electron chi connectivity index (χ0n) is 21.5. The van der Waals surface area contributed by atoms with E-state index in [-0.39, 0.29) is 30.4 Å². The second-order valence-electron chi connectivity index (χ2n) is 10.3. The zero-order chi connectivity index (χ0) is 26.1. The van der Waals surface area contributed by atoms with Gasteiger partial charge < -0.3 is 20.9 Å². The number of ether oxygens (including phenoxy) is 1. The highest BCUT2D eigenvalue weighted by molar-refractivity contribution is 5.99.